The molecule has 1 heterocycles. The number of hydrogen-bond acceptors (Lipinski definition) is 6. The highest BCUT2D eigenvalue weighted by atomic mass is 32.2. The predicted octanol–water partition coefficient (Wildman–Crippen LogP) is 5.53. The lowest BCUT2D eigenvalue weighted by molar-refractivity contribution is -0.115. The van der Waals surface area contributed by atoms with Crippen LogP contribution in [0.4, 0.5) is 5.69 Å². The molecule has 0 aliphatic heterocycles. The molecule has 156 valence electrons. The summed E-state index contributed by atoms with van der Waals surface area (Å²) >= 11 is 1.22. The second kappa shape index (κ2) is 9.49. The summed E-state index contributed by atoms with van der Waals surface area (Å²) in [5.41, 5.74) is 3.55. The molecule has 1 amide bonds. The molecule has 0 bridgehead atoms. The van der Waals surface area contributed by atoms with E-state index in [1.807, 2.05) is 85.8 Å². The van der Waals surface area contributed by atoms with Gasteiger partial charge >= 0.3 is 0 Å². The standard InChI is InChI=1S/C24H21N3O3S/c1-16(31-24-27-26-23(30-24)18-12-14-19(29-2)15-13-18)22(28)25-21-11-7-6-10-20(21)17-8-4-3-5-9-17/h3-16H,1-2H3,(H,25,28)/t16-/m1/s1. The number of rotatable bonds is 7. The smallest absolute Gasteiger partial charge is 0.277 e. The van der Waals surface area contributed by atoms with Crippen LogP contribution in [0.3, 0.4) is 0 Å². The van der Waals surface area contributed by atoms with Crippen LogP contribution in [0.1, 0.15) is 6.92 Å². The zero-order chi connectivity index (χ0) is 21.6. The maximum absolute atomic E-state index is 12.8. The van der Waals surface area contributed by atoms with Crippen LogP contribution in [0.5, 0.6) is 5.75 Å². The Labute approximate surface area is 184 Å². The summed E-state index contributed by atoms with van der Waals surface area (Å²) in [6.07, 6.45) is 0. The van der Waals surface area contributed by atoms with Gasteiger partial charge in [0.2, 0.25) is 11.8 Å². The fourth-order valence-corrected chi connectivity index (χ4v) is 3.69. The normalized spacial score (nSPS) is 11.7. The first-order valence-corrected chi connectivity index (χ1v) is 10.6. The van der Waals surface area contributed by atoms with Crippen molar-refractivity contribution in [2.45, 2.75) is 17.4 Å². The van der Waals surface area contributed by atoms with Crippen molar-refractivity contribution in [3.8, 4) is 28.3 Å². The summed E-state index contributed by atoms with van der Waals surface area (Å²) in [5.74, 6) is 1.00. The Bertz CT molecular complexity index is 1160. The minimum Gasteiger partial charge on any atom is -0.497 e. The molecule has 31 heavy (non-hydrogen) atoms. The van der Waals surface area contributed by atoms with Gasteiger partial charge in [0, 0.05) is 16.8 Å². The fraction of sp³-hybridized carbons (Fsp3) is 0.125. The number of carbonyl (C=O) groups is 1. The third-order valence-electron chi connectivity index (χ3n) is 4.66. The van der Waals surface area contributed by atoms with Crippen molar-refractivity contribution in [2.24, 2.45) is 0 Å². The number of benzene rings is 3. The zero-order valence-corrected chi connectivity index (χ0v) is 17.9. The highest BCUT2D eigenvalue weighted by molar-refractivity contribution is 8.00. The van der Waals surface area contributed by atoms with Gasteiger partial charge in [-0.25, -0.2) is 0 Å². The molecular formula is C24H21N3O3S. The Morgan fingerprint density at radius 2 is 1.65 bits per heavy atom. The molecule has 1 N–H and O–H groups in total. The first-order chi connectivity index (χ1) is 15.1. The molecule has 4 rings (SSSR count). The fourth-order valence-electron chi connectivity index (χ4n) is 3.01. The Kier molecular flexibility index (Phi) is 6.33. The molecule has 0 radical (unpaired) electrons. The molecule has 0 spiro atoms. The van der Waals surface area contributed by atoms with Crippen molar-refractivity contribution in [3.05, 3.63) is 78.9 Å². The van der Waals surface area contributed by atoms with Gasteiger partial charge in [0.1, 0.15) is 5.75 Å². The van der Waals surface area contributed by atoms with E-state index in [1.165, 1.54) is 11.8 Å². The molecule has 1 aromatic heterocycles. The van der Waals surface area contributed by atoms with E-state index in [1.54, 1.807) is 7.11 Å². The first-order valence-electron chi connectivity index (χ1n) is 9.74. The quantitative estimate of drug-likeness (QED) is 0.388. The molecule has 0 saturated carbocycles. The van der Waals surface area contributed by atoms with E-state index in [0.29, 0.717) is 11.1 Å². The highest BCUT2D eigenvalue weighted by Crippen LogP contribution is 2.30. The number of methoxy groups -OCH3 is 1. The highest BCUT2D eigenvalue weighted by Gasteiger charge is 2.20. The molecule has 0 saturated heterocycles. The molecule has 7 heteroatoms. The van der Waals surface area contributed by atoms with E-state index in [0.717, 1.165) is 28.1 Å². The molecule has 1 atom stereocenters. The van der Waals surface area contributed by atoms with Crippen LogP contribution >= 0.6 is 11.8 Å². The van der Waals surface area contributed by atoms with E-state index in [-0.39, 0.29) is 5.91 Å². The van der Waals surface area contributed by atoms with E-state index < -0.39 is 5.25 Å². The van der Waals surface area contributed by atoms with Crippen molar-refractivity contribution >= 4 is 23.4 Å². The first kappa shape index (κ1) is 20.7. The van der Waals surface area contributed by atoms with Crippen LogP contribution in [0.2, 0.25) is 0 Å². The number of carbonyl (C=O) groups excluding carboxylic acids is 1. The Hall–Kier alpha value is -3.58. The Balaban J connectivity index is 1.44. The van der Waals surface area contributed by atoms with Crippen molar-refractivity contribution < 1.29 is 13.9 Å². The summed E-state index contributed by atoms with van der Waals surface area (Å²) in [6.45, 7) is 1.81. The van der Waals surface area contributed by atoms with Gasteiger partial charge in [-0.15, -0.1) is 10.2 Å². The van der Waals surface area contributed by atoms with Gasteiger partial charge in [-0.2, -0.15) is 0 Å². The number of aromatic nitrogens is 2. The monoisotopic (exact) mass is 431 g/mol. The summed E-state index contributed by atoms with van der Waals surface area (Å²) in [4.78, 5) is 12.8. The van der Waals surface area contributed by atoms with E-state index in [4.69, 9.17) is 9.15 Å². The molecule has 3 aromatic carbocycles. The zero-order valence-electron chi connectivity index (χ0n) is 17.1. The number of nitrogens with zero attached hydrogens (tertiary/aromatic N) is 2. The average molecular weight is 432 g/mol. The second-order valence-corrected chi connectivity index (χ2v) is 8.05. The van der Waals surface area contributed by atoms with Gasteiger partial charge < -0.3 is 14.5 Å². The third-order valence-corrected chi connectivity index (χ3v) is 5.59. The summed E-state index contributed by atoms with van der Waals surface area (Å²) in [7, 11) is 1.61. The summed E-state index contributed by atoms with van der Waals surface area (Å²) < 4.78 is 10.9. The number of nitrogens with one attached hydrogen (secondary N) is 1. The molecule has 0 unspecified atom stereocenters. The second-order valence-electron chi connectivity index (χ2n) is 6.76. The number of para-hydroxylation sites is 1. The minimum atomic E-state index is -0.423. The molecular weight excluding hydrogens is 410 g/mol. The molecule has 6 nitrogen and oxygen atoms in total. The minimum absolute atomic E-state index is 0.141. The van der Waals surface area contributed by atoms with Gasteiger partial charge in [-0.1, -0.05) is 60.3 Å². The topological polar surface area (TPSA) is 77.2 Å². The lowest BCUT2D eigenvalue weighted by atomic mass is 10.0. The van der Waals surface area contributed by atoms with Crippen LogP contribution in [0.15, 0.2) is 88.5 Å². The summed E-state index contributed by atoms with van der Waals surface area (Å²) in [6, 6.07) is 25.0. The van der Waals surface area contributed by atoms with Crippen molar-refractivity contribution in [2.75, 3.05) is 12.4 Å². The number of amides is 1. The molecule has 0 aliphatic rings. The van der Waals surface area contributed by atoms with Gasteiger partial charge in [0.25, 0.3) is 5.22 Å². The third kappa shape index (κ3) is 4.95. The van der Waals surface area contributed by atoms with Crippen LogP contribution in [-0.4, -0.2) is 28.5 Å². The van der Waals surface area contributed by atoms with Crippen LogP contribution in [0.25, 0.3) is 22.6 Å². The molecule has 4 aromatic rings. The van der Waals surface area contributed by atoms with Crippen molar-refractivity contribution in [1.29, 1.82) is 0 Å². The lowest BCUT2D eigenvalue weighted by Crippen LogP contribution is -2.22. The van der Waals surface area contributed by atoms with Crippen molar-refractivity contribution in [1.82, 2.24) is 10.2 Å². The van der Waals surface area contributed by atoms with E-state index >= 15 is 0 Å². The van der Waals surface area contributed by atoms with Crippen molar-refractivity contribution in [3.63, 3.8) is 0 Å². The average Bonchev–Trinajstić information content (AvgIpc) is 3.28. The van der Waals surface area contributed by atoms with Crippen LogP contribution < -0.4 is 10.1 Å². The molecule has 0 aliphatic carbocycles. The van der Waals surface area contributed by atoms with Crippen LogP contribution in [0, 0.1) is 0 Å². The van der Waals surface area contributed by atoms with Gasteiger partial charge in [0.05, 0.1) is 12.4 Å². The Morgan fingerprint density at radius 3 is 2.39 bits per heavy atom. The molecule has 0 fully saturated rings. The number of thioether (sulfide) groups is 1. The number of ether oxygens (including phenoxy) is 1. The Morgan fingerprint density at radius 1 is 0.935 bits per heavy atom. The largest absolute Gasteiger partial charge is 0.497 e. The lowest BCUT2D eigenvalue weighted by Gasteiger charge is -2.14. The summed E-state index contributed by atoms with van der Waals surface area (Å²) in [5, 5.41) is 11.1. The maximum Gasteiger partial charge on any atom is 0.277 e. The van der Waals surface area contributed by atoms with E-state index in [9.17, 15) is 4.79 Å². The SMILES string of the molecule is COc1ccc(-c2nnc(S[C@H](C)C(=O)Nc3ccccc3-c3ccccc3)o2)cc1. The predicted molar refractivity (Wildman–Crippen MR) is 122 cm³/mol. The maximum atomic E-state index is 12.8. The van der Waals surface area contributed by atoms with Gasteiger partial charge in [-0.05, 0) is 42.8 Å². The van der Waals surface area contributed by atoms with E-state index in [2.05, 4.69) is 15.5 Å². The van der Waals surface area contributed by atoms with Crippen LogP contribution in [-0.2, 0) is 4.79 Å². The van der Waals surface area contributed by atoms with Gasteiger partial charge in [0.15, 0.2) is 0 Å². The number of hydrogen-bond donors (Lipinski definition) is 1. The van der Waals surface area contributed by atoms with Gasteiger partial charge in [-0.3, -0.25) is 4.79 Å². The number of anilines is 1.